The quantitative estimate of drug-likeness (QED) is 0.688. The molecule has 0 bridgehead atoms. The van der Waals surface area contributed by atoms with Gasteiger partial charge in [0.1, 0.15) is 6.61 Å². The first-order chi connectivity index (χ1) is 13.2. The van der Waals surface area contributed by atoms with Crippen molar-refractivity contribution in [2.45, 2.75) is 18.3 Å². The minimum Gasteiger partial charge on any atom is -0.467 e. The van der Waals surface area contributed by atoms with E-state index < -0.39 is 35.9 Å². The maximum atomic E-state index is 14.2. The molecule has 1 unspecified atom stereocenters. The van der Waals surface area contributed by atoms with Crippen LogP contribution in [0.4, 0.5) is 18.0 Å². The van der Waals surface area contributed by atoms with Gasteiger partial charge in [0.2, 0.25) is 0 Å². The Balaban J connectivity index is 2.40. The minimum absolute atomic E-state index is 0.0939. The number of hydrogen-bond donors (Lipinski definition) is 0. The number of methoxy groups -OCH3 is 2. The van der Waals surface area contributed by atoms with Crippen molar-refractivity contribution in [1.82, 2.24) is 4.90 Å². The van der Waals surface area contributed by atoms with Crippen LogP contribution in [-0.2, 0) is 25.6 Å². The summed E-state index contributed by atoms with van der Waals surface area (Å²) in [4.78, 5) is 25.2. The summed E-state index contributed by atoms with van der Waals surface area (Å²) in [5.74, 6) is -1.65. The van der Waals surface area contributed by atoms with Crippen molar-refractivity contribution in [3.05, 3.63) is 59.7 Å². The van der Waals surface area contributed by atoms with Gasteiger partial charge in [-0.05, 0) is 11.1 Å². The summed E-state index contributed by atoms with van der Waals surface area (Å²) in [7, 11) is 2.10. The van der Waals surface area contributed by atoms with Crippen molar-refractivity contribution in [3.63, 3.8) is 0 Å². The first-order valence-corrected chi connectivity index (χ1v) is 8.21. The molecule has 1 atom stereocenters. The Hall–Kier alpha value is -2.81. The number of nitrogens with zero attached hydrogens (tertiary/aromatic N) is 1. The Kier molecular flexibility index (Phi) is 6.50. The molecular formula is C19H20F3NO5. The molecule has 0 aromatic heterocycles. The number of carbonyl (C=O) groups is 2. The highest BCUT2D eigenvalue weighted by Gasteiger charge is 2.71. The van der Waals surface area contributed by atoms with Crippen LogP contribution < -0.4 is 0 Å². The number of esters is 1. The second-order valence-corrected chi connectivity index (χ2v) is 6.00. The maximum Gasteiger partial charge on any atom is 0.427 e. The molecule has 0 saturated heterocycles. The molecule has 1 aliphatic rings. The van der Waals surface area contributed by atoms with Gasteiger partial charge >= 0.3 is 18.2 Å². The molecule has 9 heteroatoms. The van der Waals surface area contributed by atoms with E-state index in [1.807, 2.05) is 0 Å². The van der Waals surface area contributed by atoms with Gasteiger partial charge in [0.25, 0.3) is 5.54 Å². The van der Waals surface area contributed by atoms with Crippen LogP contribution in [0, 0.1) is 0 Å². The van der Waals surface area contributed by atoms with Gasteiger partial charge in [0, 0.05) is 19.2 Å². The summed E-state index contributed by atoms with van der Waals surface area (Å²) in [6, 6.07) is 8.44. The molecule has 0 radical (unpaired) electrons. The predicted molar refractivity (Wildman–Crippen MR) is 93.2 cm³/mol. The van der Waals surface area contributed by atoms with Crippen LogP contribution >= 0.6 is 0 Å². The zero-order valence-electron chi connectivity index (χ0n) is 15.4. The molecule has 0 spiro atoms. The van der Waals surface area contributed by atoms with E-state index in [0.29, 0.717) is 10.5 Å². The third-order valence-corrected chi connectivity index (χ3v) is 4.29. The van der Waals surface area contributed by atoms with E-state index in [0.717, 1.165) is 13.2 Å². The Labute approximate surface area is 160 Å². The second kappa shape index (κ2) is 8.47. The normalized spacial score (nSPS) is 19.2. The molecule has 1 heterocycles. The van der Waals surface area contributed by atoms with Gasteiger partial charge in [-0.15, -0.1) is 0 Å². The van der Waals surface area contributed by atoms with Crippen molar-refractivity contribution < 1.29 is 37.0 Å². The van der Waals surface area contributed by atoms with Crippen LogP contribution in [0.3, 0.4) is 0 Å². The average Bonchev–Trinajstić information content (AvgIpc) is 3.08. The fourth-order valence-corrected chi connectivity index (χ4v) is 3.06. The van der Waals surface area contributed by atoms with Crippen molar-refractivity contribution in [2.24, 2.45) is 0 Å². The number of alkyl halides is 3. The molecule has 1 aliphatic heterocycles. The number of carbonyl (C=O) groups excluding carboxylic acids is 2. The molecule has 0 saturated carbocycles. The van der Waals surface area contributed by atoms with Crippen LogP contribution in [0.15, 0.2) is 54.1 Å². The molecule has 0 N–H and O–H groups in total. The Bertz CT molecular complexity index is 776. The SMILES string of the molecule is C=C(COC)C1=CCN(C(=O)OCc2ccccc2)C1(C(=O)OC)C(F)(F)F. The van der Waals surface area contributed by atoms with Gasteiger partial charge in [0.05, 0.1) is 13.7 Å². The Morgan fingerprint density at radius 3 is 2.39 bits per heavy atom. The fourth-order valence-electron chi connectivity index (χ4n) is 3.06. The van der Waals surface area contributed by atoms with E-state index >= 15 is 0 Å². The largest absolute Gasteiger partial charge is 0.467 e. The van der Waals surface area contributed by atoms with Gasteiger partial charge in [-0.25, -0.2) is 9.59 Å². The lowest BCUT2D eigenvalue weighted by Crippen LogP contribution is -2.65. The first kappa shape index (κ1) is 21.5. The van der Waals surface area contributed by atoms with Crippen LogP contribution in [0.5, 0.6) is 0 Å². The molecule has 0 aliphatic carbocycles. The zero-order valence-corrected chi connectivity index (χ0v) is 15.4. The van der Waals surface area contributed by atoms with Crippen LogP contribution in [-0.4, -0.2) is 56.0 Å². The van der Waals surface area contributed by atoms with E-state index in [-0.39, 0.29) is 18.8 Å². The molecule has 1 amide bonds. The number of ether oxygens (including phenoxy) is 3. The van der Waals surface area contributed by atoms with E-state index in [9.17, 15) is 22.8 Å². The monoisotopic (exact) mass is 399 g/mol. The van der Waals surface area contributed by atoms with Crippen molar-refractivity contribution in [1.29, 1.82) is 0 Å². The zero-order chi connectivity index (χ0) is 20.9. The Morgan fingerprint density at radius 1 is 1.21 bits per heavy atom. The highest BCUT2D eigenvalue weighted by Crippen LogP contribution is 2.47. The number of rotatable bonds is 6. The highest BCUT2D eigenvalue weighted by molar-refractivity contribution is 5.93. The van der Waals surface area contributed by atoms with Crippen LogP contribution in [0.2, 0.25) is 0 Å². The summed E-state index contributed by atoms with van der Waals surface area (Å²) in [6.07, 6.45) is -5.37. The molecule has 28 heavy (non-hydrogen) atoms. The lowest BCUT2D eigenvalue weighted by atomic mass is 9.85. The average molecular weight is 399 g/mol. The standard InChI is InChI=1S/C19H20F3NO5/c1-13(11-26-2)15-9-10-23(18(15,16(24)27-3)19(20,21)22)17(25)28-12-14-7-5-4-6-8-14/h4-9H,1,10-12H2,2-3H3. The number of halogens is 3. The highest BCUT2D eigenvalue weighted by atomic mass is 19.4. The van der Waals surface area contributed by atoms with E-state index in [1.54, 1.807) is 30.3 Å². The molecular weight excluding hydrogens is 379 g/mol. The summed E-state index contributed by atoms with van der Waals surface area (Å²) in [6.45, 7) is 2.55. The molecule has 0 fully saturated rings. The molecule has 2 rings (SSSR count). The summed E-state index contributed by atoms with van der Waals surface area (Å²) in [5, 5.41) is 0. The summed E-state index contributed by atoms with van der Waals surface area (Å²) >= 11 is 0. The third kappa shape index (κ3) is 3.75. The van der Waals surface area contributed by atoms with Crippen molar-refractivity contribution in [2.75, 3.05) is 27.4 Å². The van der Waals surface area contributed by atoms with Gasteiger partial charge in [-0.1, -0.05) is 43.0 Å². The van der Waals surface area contributed by atoms with Gasteiger partial charge < -0.3 is 14.2 Å². The predicted octanol–water partition coefficient (Wildman–Crippen LogP) is 3.24. The summed E-state index contributed by atoms with van der Waals surface area (Å²) in [5.41, 5.74) is -3.36. The minimum atomic E-state index is -5.18. The number of benzene rings is 1. The second-order valence-electron chi connectivity index (χ2n) is 6.00. The summed E-state index contributed by atoms with van der Waals surface area (Å²) < 4.78 is 56.9. The van der Waals surface area contributed by atoms with Crippen LogP contribution in [0.1, 0.15) is 5.56 Å². The smallest absolute Gasteiger partial charge is 0.427 e. The van der Waals surface area contributed by atoms with Crippen LogP contribution in [0.25, 0.3) is 0 Å². The molecule has 1 aromatic carbocycles. The topological polar surface area (TPSA) is 65.1 Å². The lowest BCUT2D eigenvalue weighted by molar-refractivity contribution is -0.219. The Morgan fingerprint density at radius 2 is 1.86 bits per heavy atom. The third-order valence-electron chi connectivity index (χ3n) is 4.29. The molecule has 1 aromatic rings. The maximum absolute atomic E-state index is 14.2. The number of amides is 1. The number of hydrogen-bond acceptors (Lipinski definition) is 5. The lowest BCUT2D eigenvalue weighted by Gasteiger charge is -2.39. The first-order valence-electron chi connectivity index (χ1n) is 8.21. The van der Waals surface area contributed by atoms with Gasteiger partial charge in [-0.2, -0.15) is 13.2 Å². The van der Waals surface area contributed by atoms with Gasteiger partial charge in [0.15, 0.2) is 0 Å². The van der Waals surface area contributed by atoms with Crippen molar-refractivity contribution in [3.8, 4) is 0 Å². The van der Waals surface area contributed by atoms with E-state index in [4.69, 9.17) is 9.47 Å². The fraction of sp³-hybridized carbons (Fsp3) is 0.368. The molecule has 6 nitrogen and oxygen atoms in total. The molecule has 152 valence electrons. The van der Waals surface area contributed by atoms with Gasteiger partial charge in [-0.3, -0.25) is 4.90 Å². The van der Waals surface area contributed by atoms with Crippen molar-refractivity contribution >= 4 is 12.1 Å². The van der Waals surface area contributed by atoms with E-state index in [1.165, 1.54) is 7.11 Å². The van der Waals surface area contributed by atoms with E-state index in [2.05, 4.69) is 11.3 Å².